The molecule has 0 aromatic rings. The van der Waals surface area contributed by atoms with E-state index in [1.807, 2.05) is 4.90 Å². The van der Waals surface area contributed by atoms with E-state index >= 15 is 0 Å². The molecule has 0 bridgehead atoms. The topological polar surface area (TPSA) is 44.8 Å². The van der Waals surface area contributed by atoms with Gasteiger partial charge in [-0.3, -0.25) is 4.79 Å². The Balaban J connectivity index is 0.00000144. The number of amides is 1. The van der Waals surface area contributed by atoms with Gasteiger partial charge in [-0.1, -0.05) is 6.92 Å². The number of carbonyl (C=O) groups excluding carboxylic acids is 1. The van der Waals surface area contributed by atoms with Crippen LogP contribution in [0.25, 0.3) is 0 Å². The summed E-state index contributed by atoms with van der Waals surface area (Å²) in [6.07, 6.45) is -0.262. The fourth-order valence-corrected chi connectivity index (χ4v) is 2.21. The van der Waals surface area contributed by atoms with E-state index in [0.29, 0.717) is 13.2 Å². The number of ether oxygens (including phenoxy) is 1. The first-order valence-electron chi connectivity index (χ1n) is 6.14. The van der Waals surface area contributed by atoms with E-state index in [4.69, 9.17) is 4.74 Å². The van der Waals surface area contributed by atoms with Crippen molar-refractivity contribution in [3.8, 4) is 0 Å². The van der Waals surface area contributed by atoms with Crippen molar-refractivity contribution in [3.05, 3.63) is 0 Å². The number of carbonyl (C=O) groups is 1. The molecule has 0 saturated carbocycles. The lowest BCUT2D eigenvalue weighted by Gasteiger charge is -2.36. The Bertz CT molecular complexity index is 242. The van der Waals surface area contributed by atoms with Gasteiger partial charge in [-0.25, -0.2) is 0 Å². The van der Waals surface area contributed by atoms with Crippen LogP contribution in [0.2, 0.25) is 0 Å². The second kappa shape index (κ2) is 8.93. The van der Waals surface area contributed by atoms with Gasteiger partial charge in [-0.2, -0.15) is 0 Å². The van der Waals surface area contributed by atoms with Gasteiger partial charge in [0.25, 0.3) is 5.91 Å². The molecule has 0 spiro atoms. The Morgan fingerprint density at radius 2 is 1.94 bits per heavy atom. The Morgan fingerprint density at radius 3 is 2.44 bits per heavy atom. The molecule has 7 heteroatoms. The van der Waals surface area contributed by atoms with Crippen LogP contribution in [0.15, 0.2) is 0 Å². The summed E-state index contributed by atoms with van der Waals surface area (Å²) < 4.78 is 5.48. The highest BCUT2D eigenvalue weighted by Gasteiger charge is 2.28. The van der Waals surface area contributed by atoms with E-state index in [0.717, 1.165) is 39.3 Å². The van der Waals surface area contributed by atoms with Gasteiger partial charge in [0.2, 0.25) is 0 Å². The molecule has 2 saturated heterocycles. The number of hydrogen-bond donors (Lipinski definition) is 1. The zero-order valence-electron chi connectivity index (χ0n) is 10.8. The summed E-state index contributed by atoms with van der Waals surface area (Å²) in [7, 11) is 0. The first-order chi connectivity index (χ1) is 7.81. The first kappa shape index (κ1) is 17.9. The monoisotopic (exact) mass is 299 g/mol. The third-order valence-corrected chi connectivity index (χ3v) is 3.33. The van der Waals surface area contributed by atoms with Gasteiger partial charge < -0.3 is 19.9 Å². The van der Waals surface area contributed by atoms with Gasteiger partial charge in [0, 0.05) is 39.3 Å². The molecule has 2 heterocycles. The summed E-state index contributed by atoms with van der Waals surface area (Å²) in [5.41, 5.74) is 0. The molecule has 2 aliphatic heterocycles. The Kier molecular flexibility index (Phi) is 8.90. The molecule has 1 N–H and O–H groups in total. The van der Waals surface area contributed by atoms with Gasteiger partial charge in [0.05, 0.1) is 6.61 Å². The van der Waals surface area contributed by atoms with Gasteiger partial charge in [-0.05, 0) is 6.54 Å². The van der Waals surface area contributed by atoms with Crippen LogP contribution in [-0.2, 0) is 9.53 Å². The summed E-state index contributed by atoms with van der Waals surface area (Å²) >= 11 is 0. The summed E-state index contributed by atoms with van der Waals surface area (Å²) in [4.78, 5) is 16.4. The maximum Gasteiger partial charge on any atom is 0.253 e. The molecule has 1 atom stereocenters. The number of nitrogens with zero attached hydrogens (tertiary/aromatic N) is 2. The minimum Gasteiger partial charge on any atom is -0.366 e. The average molecular weight is 300 g/mol. The van der Waals surface area contributed by atoms with Crippen LogP contribution in [0.4, 0.5) is 0 Å². The van der Waals surface area contributed by atoms with Crippen LogP contribution in [0.3, 0.4) is 0 Å². The van der Waals surface area contributed by atoms with Gasteiger partial charge >= 0.3 is 0 Å². The van der Waals surface area contributed by atoms with Gasteiger partial charge in [0.15, 0.2) is 0 Å². The van der Waals surface area contributed by atoms with E-state index in [1.54, 1.807) is 0 Å². The summed E-state index contributed by atoms with van der Waals surface area (Å²) in [5.74, 6) is 0.156. The van der Waals surface area contributed by atoms with Crippen molar-refractivity contribution in [1.82, 2.24) is 15.1 Å². The smallest absolute Gasteiger partial charge is 0.253 e. The number of rotatable bonds is 2. The molecule has 0 radical (unpaired) electrons. The normalized spacial score (nSPS) is 24.9. The standard InChI is InChI=1S/C11H21N3O2.2ClH/c1-2-13-4-6-14(7-5-13)11(15)10-9-12-3-8-16-10;;/h10,12H,2-9H2,1H3;2*1H. The Labute approximate surface area is 121 Å². The van der Waals surface area contributed by atoms with Crippen molar-refractivity contribution >= 4 is 30.7 Å². The number of likely N-dealkylation sites (N-methyl/N-ethyl adjacent to an activating group) is 1. The molecule has 1 unspecified atom stereocenters. The molecule has 0 aromatic carbocycles. The van der Waals surface area contributed by atoms with Crippen molar-refractivity contribution < 1.29 is 9.53 Å². The van der Waals surface area contributed by atoms with Crippen LogP contribution in [0, 0.1) is 0 Å². The molecule has 0 aromatic heterocycles. The second-order valence-electron chi connectivity index (χ2n) is 4.32. The third kappa shape index (κ3) is 4.55. The lowest BCUT2D eigenvalue weighted by molar-refractivity contribution is -0.146. The van der Waals surface area contributed by atoms with Crippen LogP contribution in [0.5, 0.6) is 0 Å². The van der Waals surface area contributed by atoms with E-state index in [9.17, 15) is 4.79 Å². The van der Waals surface area contributed by atoms with Crippen molar-refractivity contribution in [2.24, 2.45) is 0 Å². The van der Waals surface area contributed by atoms with E-state index in [1.165, 1.54) is 0 Å². The lowest BCUT2D eigenvalue weighted by Crippen LogP contribution is -2.55. The zero-order chi connectivity index (χ0) is 11.4. The van der Waals surface area contributed by atoms with E-state index in [2.05, 4.69) is 17.1 Å². The summed E-state index contributed by atoms with van der Waals surface area (Å²) in [5, 5.41) is 3.19. The molecule has 2 aliphatic rings. The molecule has 2 fully saturated rings. The molecule has 5 nitrogen and oxygen atoms in total. The van der Waals surface area contributed by atoms with Crippen molar-refractivity contribution in [2.75, 3.05) is 52.4 Å². The highest BCUT2D eigenvalue weighted by atomic mass is 35.5. The van der Waals surface area contributed by atoms with Crippen molar-refractivity contribution in [1.29, 1.82) is 0 Å². The van der Waals surface area contributed by atoms with Crippen LogP contribution >= 0.6 is 24.8 Å². The number of piperazine rings is 1. The van der Waals surface area contributed by atoms with Crippen LogP contribution < -0.4 is 5.32 Å². The minimum atomic E-state index is -0.262. The maximum atomic E-state index is 12.1. The average Bonchev–Trinajstić information content (AvgIpc) is 2.39. The van der Waals surface area contributed by atoms with E-state index in [-0.39, 0.29) is 36.8 Å². The maximum absolute atomic E-state index is 12.1. The van der Waals surface area contributed by atoms with Gasteiger partial charge in [0.1, 0.15) is 6.10 Å². The summed E-state index contributed by atoms with van der Waals surface area (Å²) in [6.45, 7) is 9.05. The fourth-order valence-electron chi connectivity index (χ4n) is 2.21. The highest BCUT2D eigenvalue weighted by molar-refractivity contribution is 5.85. The van der Waals surface area contributed by atoms with Crippen molar-refractivity contribution in [2.45, 2.75) is 13.0 Å². The van der Waals surface area contributed by atoms with Crippen LogP contribution in [-0.4, -0.2) is 74.2 Å². The Morgan fingerprint density at radius 1 is 1.28 bits per heavy atom. The van der Waals surface area contributed by atoms with E-state index < -0.39 is 0 Å². The van der Waals surface area contributed by atoms with Crippen LogP contribution in [0.1, 0.15) is 6.92 Å². The lowest BCUT2D eigenvalue weighted by atomic mass is 10.2. The molecular formula is C11H23Cl2N3O2. The Hall–Kier alpha value is -0.0700. The number of hydrogen-bond acceptors (Lipinski definition) is 4. The quantitative estimate of drug-likeness (QED) is 0.779. The predicted molar refractivity (Wildman–Crippen MR) is 75.8 cm³/mol. The highest BCUT2D eigenvalue weighted by Crippen LogP contribution is 2.06. The molecule has 2 rings (SSSR count). The molecule has 1 amide bonds. The van der Waals surface area contributed by atoms with Gasteiger partial charge in [-0.15, -0.1) is 24.8 Å². The first-order valence-corrected chi connectivity index (χ1v) is 6.14. The van der Waals surface area contributed by atoms with Crippen molar-refractivity contribution in [3.63, 3.8) is 0 Å². The predicted octanol–water partition coefficient (Wildman–Crippen LogP) is -0.0175. The third-order valence-electron chi connectivity index (χ3n) is 3.33. The SMILES string of the molecule is CCN1CCN(C(=O)C2CNCCO2)CC1.Cl.Cl. The fraction of sp³-hybridized carbons (Fsp3) is 0.909. The number of morpholine rings is 1. The number of nitrogens with one attached hydrogen (secondary N) is 1. The largest absolute Gasteiger partial charge is 0.366 e. The minimum absolute atomic E-state index is 0. The zero-order valence-corrected chi connectivity index (χ0v) is 12.4. The summed E-state index contributed by atoms with van der Waals surface area (Å²) in [6, 6.07) is 0. The molecule has 0 aliphatic carbocycles. The molecule has 108 valence electrons. The molecule has 18 heavy (non-hydrogen) atoms. The molecular weight excluding hydrogens is 277 g/mol. The second-order valence-corrected chi connectivity index (χ2v) is 4.32. The number of halogens is 2.